The first-order chi connectivity index (χ1) is 11.3. The van der Waals surface area contributed by atoms with Crippen molar-refractivity contribution in [3.8, 4) is 5.75 Å². The van der Waals surface area contributed by atoms with E-state index in [0.717, 1.165) is 19.3 Å². The Morgan fingerprint density at radius 2 is 2.00 bits per heavy atom. The lowest BCUT2D eigenvalue weighted by molar-refractivity contribution is -0.0521. The number of benzene rings is 1. The van der Waals surface area contributed by atoms with E-state index in [0.29, 0.717) is 18.3 Å². The minimum absolute atomic E-state index is 0.125. The van der Waals surface area contributed by atoms with Gasteiger partial charge in [0.2, 0.25) is 0 Å². The van der Waals surface area contributed by atoms with Crippen LogP contribution in [-0.4, -0.2) is 30.8 Å². The number of rotatable bonds is 3. The Morgan fingerprint density at radius 3 is 2.67 bits per heavy atom. The normalized spacial score (nSPS) is 26.4. The van der Waals surface area contributed by atoms with Crippen LogP contribution in [-0.2, 0) is 0 Å². The van der Waals surface area contributed by atoms with Gasteiger partial charge in [0.15, 0.2) is 11.6 Å². The van der Waals surface area contributed by atoms with E-state index in [2.05, 4.69) is 28.8 Å². The monoisotopic (exact) mass is 362 g/mol. The smallest absolute Gasteiger partial charge is 0.387 e. The molecular formula is C17H22ClF3N2O. The largest absolute Gasteiger partial charge is 0.430 e. The number of hydrogen-bond acceptors (Lipinski definition) is 3. The van der Waals surface area contributed by atoms with Gasteiger partial charge in [-0.3, -0.25) is 0 Å². The molecular weight excluding hydrogens is 341 g/mol. The molecule has 1 heterocycles. The Balaban J connectivity index is 1.94. The van der Waals surface area contributed by atoms with Crippen LogP contribution in [0.2, 0.25) is 5.02 Å². The van der Waals surface area contributed by atoms with Crippen molar-refractivity contribution in [2.75, 3.05) is 11.4 Å². The third-order valence-electron chi connectivity index (χ3n) is 4.79. The van der Waals surface area contributed by atoms with E-state index >= 15 is 0 Å². The summed E-state index contributed by atoms with van der Waals surface area (Å²) in [5, 5.41) is 3.54. The van der Waals surface area contributed by atoms with Crippen molar-refractivity contribution < 1.29 is 17.9 Å². The highest BCUT2D eigenvalue weighted by Gasteiger charge is 2.40. The van der Waals surface area contributed by atoms with Crippen LogP contribution in [0.15, 0.2) is 12.1 Å². The fourth-order valence-corrected chi connectivity index (χ4v) is 4.19. The van der Waals surface area contributed by atoms with Crippen molar-refractivity contribution in [3.63, 3.8) is 0 Å². The molecule has 0 spiro atoms. The Morgan fingerprint density at radius 1 is 1.29 bits per heavy atom. The minimum atomic E-state index is -3.11. The van der Waals surface area contributed by atoms with Gasteiger partial charge in [0.05, 0.1) is 5.02 Å². The van der Waals surface area contributed by atoms with E-state index in [-0.39, 0.29) is 16.6 Å². The maximum absolute atomic E-state index is 14.3. The van der Waals surface area contributed by atoms with Crippen LogP contribution in [0.3, 0.4) is 0 Å². The first-order valence-corrected chi connectivity index (χ1v) is 8.63. The first kappa shape index (κ1) is 17.7. The van der Waals surface area contributed by atoms with Gasteiger partial charge in [0, 0.05) is 35.9 Å². The molecule has 1 aliphatic heterocycles. The molecule has 2 aliphatic rings. The van der Waals surface area contributed by atoms with Gasteiger partial charge in [-0.15, -0.1) is 0 Å². The van der Waals surface area contributed by atoms with Gasteiger partial charge in [-0.1, -0.05) is 24.4 Å². The molecule has 0 amide bonds. The van der Waals surface area contributed by atoms with E-state index < -0.39 is 18.2 Å². The van der Waals surface area contributed by atoms with Crippen LogP contribution < -0.4 is 15.0 Å². The number of alkyl halides is 2. The average molecular weight is 363 g/mol. The molecule has 7 heteroatoms. The van der Waals surface area contributed by atoms with Crippen molar-refractivity contribution in [1.82, 2.24) is 5.32 Å². The van der Waals surface area contributed by atoms with Crippen molar-refractivity contribution in [2.24, 2.45) is 0 Å². The second kappa shape index (κ2) is 6.64. The maximum atomic E-state index is 14.3. The number of ether oxygens (including phenoxy) is 1. The van der Waals surface area contributed by atoms with E-state index in [9.17, 15) is 13.2 Å². The van der Waals surface area contributed by atoms with E-state index in [4.69, 9.17) is 11.6 Å². The number of nitrogens with one attached hydrogen (secondary N) is 1. The zero-order valence-corrected chi connectivity index (χ0v) is 14.5. The van der Waals surface area contributed by atoms with Crippen molar-refractivity contribution in [2.45, 2.75) is 63.8 Å². The standard InChI is InChI=1S/C17H22ClF3N2O/c1-17(2)9-23(14-6-4-3-5-13(14)22-17)10-7-11(18)15(12(19)8-10)24-16(20)21/h7-8,13-14,16,22H,3-6,9H2,1-2H3/t13-,14-/m0/s1. The lowest BCUT2D eigenvalue weighted by Crippen LogP contribution is -2.67. The summed E-state index contributed by atoms with van der Waals surface area (Å²) >= 11 is 6.00. The van der Waals surface area contributed by atoms with E-state index in [1.807, 2.05) is 0 Å². The zero-order valence-electron chi connectivity index (χ0n) is 13.8. The molecule has 0 radical (unpaired) electrons. The lowest BCUT2D eigenvalue weighted by Gasteiger charge is -2.52. The van der Waals surface area contributed by atoms with Crippen LogP contribution in [0.4, 0.5) is 18.9 Å². The summed E-state index contributed by atoms with van der Waals surface area (Å²) in [6.07, 6.45) is 4.40. The highest BCUT2D eigenvalue weighted by molar-refractivity contribution is 6.32. The summed E-state index contributed by atoms with van der Waals surface area (Å²) in [6, 6.07) is 3.36. The summed E-state index contributed by atoms with van der Waals surface area (Å²) < 4.78 is 43.2. The number of anilines is 1. The second-order valence-corrected chi connectivity index (χ2v) is 7.64. The minimum Gasteiger partial charge on any atom is -0.430 e. The molecule has 2 fully saturated rings. The predicted octanol–water partition coefficient (Wildman–Crippen LogP) is 4.58. The summed E-state index contributed by atoms with van der Waals surface area (Å²) in [6.45, 7) is 1.80. The molecule has 0 unspecified atom stereocenters. The molecule has 1 aromatic rings. The van der Waals surface area contributed by atoms with Crippen LogP contribution in [0.5, 0.6) is 5.75 Å². The average Bonchev–Trinajstić information content (AvgIpc) is 2.48. The molecule has 3 rings (SSSR count). The molecule has 0 aromatic heterocycles. The summed E-state index contributed by atoms with van der Waals surface area (Å²) in [5.41, 5.74) is 0.491. The first-order valence-electron chi connectivity index (χ1n) is 8.25. The molecule has 1 aromatic carbocycles. The molecule has 24 heavy (non-hydrogen) atoms. The van der Waals surface area contributed by atoms with E-state index in [1.165, 1.54) is 18.6 Å². The van der Waals surface area contributed by atoms with Gasteiger partial charge >= 0.3 is 6.61 Å². The van der Waals surface area contributed by atoms with Gasteiger partial charge in [-0.2, -0.15) is 8.78 Å². The lowest BCUT2D eigenvalue weighted by atomic mass is 9.83. The molecule has 3 nitrogen and oxygen atoms in total. The summed E-state index contributed by atoms with van der Waals surface area (Å²) in [4.78, 5) is 2.15. The fourth-order valence-electron chi connectivity index (χ4n) is 3.94. The van der Waals surface area contributed by atoms with Crippen molar-refractivity contribution in [1.29, 1.82) is 0 Å². The SMILES string of the molecule is CC1(C)CN(c2cc(F)c(OC(F)F)c(Cl)c2)[C@H]2CCCC[C@@H]2N1. The molecule has 1 aliphatic carbocycles. The van der Waals surface area contributed by atoms with Gasteiger partial charge in [-0.25, -0.2) is 4.39 Å². The van der Waals surface area contributed by atoms with Gasteiger partial charge < -0.3 is 15.0 Å². The fraction of sp³-hybridized carbons (Fsp3) is 0.647. The number of hydrogen-bond donors (Lipinski definition) is 1. The van der Waals surface area contributed by atoms with Gasteiger partial charge in [0.25, 0.3) is 0 Å². The van der Waals surface area contributed by atoms with Crippen LogP contribution >= 0.6 is 11.6 Å². The molecule has 0 bridgehead atoms. The number of fused-ring (bicyclic) bond motifs is 1. The molecule has 1 N–H and O–H groups in total. The number of halogens is 4. The Kier molecular flexibility index (Phi) is 4.89. The number of piperazine rings is 1. The van der Waals surface area contributed by atoms with Crippen molar-refractivity contribution >= 4 is 17.3 Å². The molecule has 1 saturated heterocycles. The van der Waals surface area contributed by atoms with Crippen LogP contribution in [0.1, 0.15) is 39.5 Å². The zero-order chi connectivity index (χ0) is 17.5. The number of nitrogens with zero attached hydrogens (tertiary/aromatic N) is 1. The highest BCUT2D eigenvalue weighted by atomic mass is 35.5. The summed E-state index contributed by atoms with van der Waals surface area (Å²) in [5.74, 6) is -1.45. The third kappa shape index (κ3) is 3.59. The van der Waals surface area contributed by atoms with Gasteiger partial charge in [-0.05, 0) is 32.8 Å². The van der Waals surface area contributed by atoms with Crippen molar-refractivity contribution in [3.05, 3.63) is 23.0 Å². The molecule has 134 valence electrons. The molecule has 2 atom stereocenters. The van der Waals surface area contributed by atoms with E-state index in [1.54, 1.807) is 0 Å². The topological polar surface area (TPSA) is 24.5 Å². The Hall–Kier alpha value is -1.14. The Bertz CT molecular complexity index is 588. The predicted molar refractivity (Wildman–Crippen MR) is 88.6 cm³/mol. The molecule has 1 saturated carbocycles. The second-order valence-electron chi connectivity index (χ2n) is 7.23. The quantitative estimate of drug-likeness (QED) is 0.851. The maximum Gasteiger partial charge on any atom is 0.387 e. The highest BCUT2D eigenvalue weighted by Crippen LogP contribution is 2.38. The van der Waals surface area contributed by atoms with Gasteiger partial charge in [0.1, 0.15) is 0 Å². The Labute approximate surface area is 145 Å². The third-order valence-corrected chi connectivity index (χ3v) is 5.07. The summed E-state index contributed by atoms with van der Waals surface area (Å²) in [7, 11) is 0. The van der Waals surface area contributed by atoms with Crippen LogP contribution in [0.25, 0.3) is 0 Å². The van der Waals surface area contributed by atoms with Crippen LogP contribution in [0, 0.1) is 5.82 Å².